The molecule has 0 amide bonds. The first kappa shape index (κ1) is 8.72. The van der Waals surface area contributed by atoms with Gasteiger partial charge in [-0.15, -0.1) is 0 Å². The molecule has 0 aliphatic rings. The van der Waals surface area contributed by atoms with Crippen LogP contribution in [0.25, 0.3) is 5.57 Å². The molecule has 0 atom stereocenters. The number of benzene rings is 1. The van der Waals surface area contributed by atoms with Crippen LogP contribution in [0.4, 0.5) is 0 Å². The van der Waals surface area contributed by atoms with Gasteiger partial charge in [0.2, 0.25) is 0 Å². The molecule has 0 aliphatic carbocycles. The highest BCUT2D eigenvalue weighted by molar-refractivity contribution is 5.84. The Morgan fingerprint density at radius 1 is 1.50 bits per heavy atom. The van der Waals surface area contributed by atoms with Gasteiger partial charge in [-0.2, -0.15) is 0 Å². The smallest absolute Gasteiger partial charge is 0.150 e. The van der Waals surface area contributed by atoms with Crippen LogP contribution in [0.3, 0.4) is 0 Å². The Kier molecular flexibility index (Phi) is 2.44. The number of hydrogen-bond acceptors (Lipinski definition) is 1. The fourth-order valence-electron chi connectivity index (χ4n) is 1.14. The first-order chi connectivity index (χ1) is 5.65. The minimum Gasteiger partial charge on any atom is -0.298 e. The van der Waals surface area contributed by atoms with Gasteiger partial charge in [-0.25, -0.2) is 0 Å². The van der Waals surface area contributed by atoms with Crippen LogP contribution in [0.1, 0.15) is 28.4 Å². The average molecular weight is 160 g/mol. The van der Waals surface area contributed by atoms with Crippen LogP contribution in [-0.2, 0) is 0 Å². The minimum absolute atomic E-state index is 0.716. The van der Waals surface area contributed by atoms with E-state index < -0.39 is 0 Å². The molecule has 0 bridgehead atoms. The molecule has 1 aromatic rings. The molecule has 1 heteroatoms. The Morgan fingerprint density at radius 3 is 2.67 bits per heavy atom. The van der Waals surface area contributed by atoms with Gasteiger partial charge in [-0.1, -0.05) is 35.9 Å². The second-order valence-corrected chi connectivity index (χ2v) is 2.99. The van der Waals surface area contributed by atoms with Gasteiger partial charge in [0.05, 0.1) is 0 Å². The molecule has 0 spiro atoms. The van der Waals surface area contributed by atoms with Crippen molar-refractivity contribution in [3.8, 4) is 0 Å². The summed E-state index contributed by atoms with van der Waals surface area (Å²) in [5.41, 5.74) is 3.75. The largest absolute Gasteiger partial charge is 0.298 e. The second kappa shape index (κ2) is 3.35. The number of aryl methyl sites for hydroxylation is 1. The average Bonchev–Trinajstić information content (AvgIpc) is 2.04. The lowest BCUT2D eigenvalue weighted by Gasteiger charge is -2.04. The molecule has 0 radical (unpaired) electrons. The van der Waals surface area contributed by atoms with Crippen LogP contribution in [0.5, 0.6) is 0 Å². The highest BCUT2D eigenvalue weighted by Gasteiger charge is 2.01. The Hall–Kier alpha value is -1.37. The topological polar surface area (TPSA) is 17.1 Å². The van der Waals surface area contributed by atoms with E-state index in [0.717, 1.165) is 23.0 Å². The van der Waals surface area contributed by atoms with E-state index in [0.29, 0.717) is 5.56 Å². The van der Waals surface area contributed by atoms with Crippen LogP contribution < -0.4 is 0 Å². The van der Waals surface area contributed by atoms with Gasteiger partial charge < -0.3 is 0 Å². The molecule has 0 aliphatic heterocycles. The van der Waals surface area contributed by atoms with E-state index in [9.17, 15) is 4.79 Å². The highest BCUT2D eigenvalue weighted by atomic mass is 16.1. The lowest BCUT2D eigenvalue weighted by Crippen LogP contribution is -1.89. The SMILES string of the molecule is C=C(C)c1cc(C)ccc1C=O. The fourth-order valence-corrected chi connectivity index (χ4v) is 1.14. The maximum atomic E-state index is 10.6. The molecule has 0 fully saturated rings. The number of hydrogen-bond donors (Lipinski definition) is 0. The molecule has 12 heavy (non-hydrogen) atoms. The van der Waals surface area contributed by atoms with Crippen LogP contribution in [-0.4, -0.2) is 6.29 Å². The zero-order valence-corrected chi connectivity index (χ0v) is 7.42. The molecule has 1 nitrogen and oxygen atoms in total. The van der Waals surface area contributed by atoms with Gasteiger partial charge in [0.1, 0.15) is 0 Å². The Balaban J connectivity index is 3.30. The van der Waals surface area contributed by atoms with E-state index in [4.69, 9.17) is 0 Å². The Morgan fingerprint density at radius 2 is 2.17 bits per heavy atom. The third-order valence-corrected chi connectivity index (χ3v) is 1.80. The summed E-state index contributed by atoms with van der Waals surface area (Å²) in [5, 5.41) is 0. The van der Waals surface area contributed by atoms with Crippen LogP contribution in [0, 0.1) is 6.92 Å². The summed E-state index contributed by atoms with van der Waals surface area (Å²) in [6, 6.07) is 5.73. The highest BCUT2D eigenvalue weighted by Crippen LogP contribution is 2.17. The van der Waals surface area contributed by atoms with Crippen molar-refractivity contribution in [2.24, 2.45) is 0 Å². The van der Waals surface area contributed by atoms with E-state index in [1.54, 1.807) is 0 Å². The summed E-state index contributed by atoms with van der Waals surface area (Å²) in [6.45, 7) is 7.72. The zero-order chi connectivity index (χ0) is 9.14. The Labute approximate surface area is 72.7 Å². The van der Waals surface area contributed by atoms with Crippen molar-refractivity contribution in [3.63, 3.8) is 0 Å². The van der Waals surface area contributed by atoms with Gasteiger partial charge in [-0.3, -0.25) is 4.79 Å². The molecular weight excluding hydrogens is 148 g/mol. The number of aldehydes is 1. The fraction of sp³-hybridized carbons (Fsp3) is 0.182. The molecular formula is C11H12O. The van der Waals surface area contributed by atoms with Crippen molar-refractivity contribution in [3.05, 3.63) is 41.5 Å². The molecule has 1 aromatic carbocycles. The number of carbonyl (C=O) groups excluding carboxylic acids is 1. The molecule has 62 valence electrons. The second-order valence-electron chi connectivity index (χ2n) is 2.99. The van der Waals surface area contributed by atoms with E-state index in [-0.39, 0.29) is 0 Å². The molecule has 1 rings (SSSR count). The van der Waals surface area contributed by atoms with Crippen LogP contribution in [0.15, 0.2) is 24.8 Å². The van der Waals surface area contributed by atoms with Crippen molar-refractivity contribution in [1.82, 2.24) is 0 Å². The summed E-state index contributed by atoms with van der Waals surface area (Å²) >= 11 is 0. The summed E-state index contributed by atoms with van der Waals surface area (Å²) in [4.78, 5) is 10.6. The van der Waals surface area contributed by atoms with Crippen LogP contribution in [0.2, 0.25) is 0 Å². The minimum atomic E-state index is 0.716. The van der Waals surface area contributed by atoms with Crippen molar-refractivity contribution in [2.45, 2.75) is 13.8 Å². The summed E-state index contributed by atoms with van der Waals surface area (Å²) < 4.78 is 0. The van der Waals surface area contributed by atoms with Crippen molar-refractivity contribution < 1.29 is 4.79 Å². The summed E-state index contributed by atoms with van der Waals surface area (Å²) in [7, 11) is 0. The molecule has 0 N–H and O–H groups in total. The van der Waals surface area contributed by atoms with Crippen molar-refractivity contribution >= 4 is 11.9 Å². The molecule has 0 unspecified atom stereocenters. The molecule has 0 saturated carbocycles. The van der Waals surface area contributed by atoms with Gasteiger partial charge in [-0.05, 0) is 19.4 Å². The first-order valence-electron chi connectivity index (χ1n) is 3.87. The van der Waals surface area contributed by atoms with Crippen molar-refractivity contribution in [2.75, 3.05) is 0 Å². The first-order valence-corrected chi connectivity index (χ1v) is 3.87. The number of allylic oxidation sites excluding steroid dienone is 1. The third kappa shape index (κ3) is 1.62. The maximum Gasteiger partial charge on any atom is 0.150 e. The van der Waals surface area contributed by atoms with E-state index >= 15 is 0 Å². The number of carbonyl (C=O) groups is 1. The maximum absolute atomic E-state index is 10.6. The zero-order valence-electron chi connectivity index (χ0n) is 7.42. The predicted molar refractivity (Wildman–Crippen MR) is 51.3 cm³/mol. The van der Waals surface area contributed by atoms with Crippen molar-refractivity contribution in [1.29, 1.82) is 0 Å². The molecule has 0 heterocycles. The van der Waals surface area contributed by atoms with Crippen LogP contribution >= 0.6 is 0 Å². The number of rotatable bonds is 2. The molecule has 0 aromatic heterocycles. The quantitative estimate of drug-likeness (QED) is 0.608. The monoisotopic (exact) mass is 160 g/mol. The third-order valence-electron chi connectivity index (χ3n) is 1.80. The summed E-state index contributed by atoms with van der Waals surface area (Å²) in [5.74, 6) is 0. The Bertz CT molecular complexity index is 324. The van der Waals surface area contributed by atoms with E-state index in [1.807, 2.05) is 32.0 Å². The normalized spacial score (nSPS) is 9.50. The molecule has 0 saturated heterocycles. The van der Waals surface area contributed by atoms with Gasteiger partial charge >= 0.3 is 0 Å². The lowest BCUT2D eigenvalue weighted by molar-refractivity contribution is 0.112. The predicted octanol–water partition coefficient (Wildman–Crippen LogP) is 2.84. The van der Waals surface area contributed by atoms with Gasteiger partial charge in [0, 0.05) is 5.56 Å². The lowest BCUT2D eigenvalue weighted by atomic mass is 10.0. The van der Waals surface area contributed by atoms with Gasteiger partial charge in [0.25, 0.3) is 0 Å². The summed E-state index contributed by atoms with van der Waals surface area (Å²) in [6.07, 6.45) is 0.865. The standard InChI is InChI=1S/C11H12O/c1-8(2)11-6-9(3)4-5-10(11)7-12/h4-7H,1H2,2-3H3. The van der Waals surface area contributed by atoms with E-state index in [1.165, 1.54) is 0 Å². The van der Waals surface area contributed by atoms with E-state index in [2.05, 4.69) is 6.58 Å². The van der Waals surface area contributed by atoms with Gasteiger partial charge in [0.15, 0.2) is 6.29 Å².